The van der Waals surface area contributed by atoms with Crippen LogP contribution in [-0.2, 0) is 0 Å². The van der Waals surface area contributed by atoms with E-state index in [0.29, 0.717) is 26.2 Å². The maximum absolute atomic E-state index is 12.5. The third-order valence-corrected chi connectivity index (χ3v) is 4.97. The van der Waals surface area contributed by atoms with Crippen LogP contribution in [0, 0.1) is 0 Å². The molecule has 0 spiro atoms. The first-order chi connectivity index (χ1) is 12.5. The average molecular weight is 386 g/mol. The fourth-order valence-electron chi connectivity index (χ4n) is 2.32. The molecule has 0 saturated carbocycles. The normalized spacial score (nSPS) is 10.4. The van der Waals surface area contributed by atoms with Gasteiger partial charge in [0.25, 0.3) is 11.8 Å². The first kappa shape index (κ1) is 18.1. The standard InChI is InChI=1S/C19H16ClN3O2S/c1-23(2)19(25)12-6-5-7-13(10-12)22-17(24)16-11-21-18(26-16)14-8-3-4-9-15(14)20/h3-11H,1-2H3,(H,22,24). The number of nitrogens with zero attached hydrogens (tertiary/aromatic N) is 2. The largest absolute Gasteiger partial charge is 0.345 e. The van der Waals surface area contributed by atoms with E-state index in [1.807, 2.05) is 18.2 Å². The number of hydrogen-bond acceptors (Lipinski definition) is 4. The Kier molecular flexibility index (Phi) is 5.35. The molecule has 0 saturated heterocycles. The summed E-state index contributed by atoms with van der Waals surface area (Å²) in [5.41, 5.74) is 1.85. The van der Waals surface area contributed by atoms with Gasteiger partial charge in [-0.05, 0) is 24.3 Å². The van der Waals surface area contributed by atoms with E-state index in [2.05, 4.69) is 10.3 Å². The van der Waals surface area contributed by atoms with Crippen LogP contribution in [0.25, 0.3) is 10.6 Å². The number of carbonyl (C=O) groups excluding carboxylic acids is 2. The second-order valence-electron chi connectivity index (χ2n) is 5.74. The zero-order valence-corrected chi connectivity index (χ0v) is 15.8. The predicted octanol–water partition coefficient (Wildman–Crippen LogP) is 4.42. The maximum Gasteiger partial charge on any atom is 0.267 e. The van der Waals surface area contributed by atoms with Crippen molar-refractivity contribution in [3.63, 3.8) is 0 Å². The lowest BCUT2D eigenvalue weighted by atomic mass is 10.2. The van der Waals surface area contributed by atoms with Crippen LogP contribution in [-0.4, -0.2) is 35.8 Å². The molecular weight excluding hydrogens is 370 g/mol. The zero-order chi connectivity index (χ0) is 18.7. The van der Waals surface area contributed by atoms with Gasteiger partial charge in [0.1, 0.15) is 9.88 Å². The van der Waals surface area contributed by atoms with Gasteiger partial charge < -0.3 is 10.2 Å². The summed E-state index contributed by atoms with van der Waals surface area (Å²) in [5, 5.41) is 4.06. The molecule has 2 amide bonds. The van der Waals surface area contributed by atoms with Crippen LogP contribution in [0.3, 0.4) is 0 Å². The number of benzene rings is 2. The summed E-state index contributed by atoms with van der Waals surface area (Å²) in [6.45, 7) is 0. The molecule has 0 aliphatic rings. The van der Waals surface area contributed by atoms with Crippen molar-refractivity contribution in [2.45, 2.75) is 0 Å². The molecule has 7 heteroatoms. The van der Waals surface area contributed by atoms with Crippen molar-refractivity contribution in [3.05, 3.63) is 70.2 Å². The molecule has 0 radical (unpaired) electrons. The minimum atomic E-state index is -0.282. The van der Waals surface area contributed by atoms with Crippen LogP contribution < -0.4 is 5.32 Å². The SMILES string of the molecule is CN(C)C(=O)c1cccc(NC(=O)c2cnc(-c3ccccc3Cl)s2)c1. The third kappa shape index (κ3) is 3.92. The van der Waals surface area contributed by atoms with E-state index in [1.165, 1.54) is 22.4 Å². The van der Waals surface area contributed by atoms with Crippen LogP contribution in [0.5, 0.6) is 0 Å². The minimum absolute atomic E-state index is 0.125. The first-order valence-electron chi connectivity index (χ1n) is 7.79. The lowest BCUT2D eigenvalue weighted by Gasteiger charge is -2.11. The Morgan fingerprint density at radius 2 is 1.88 bits per heavy atom. The number of hydrogen-bond donors (Lipinski definition) is 1. The Bertz CT molecular complexity index is 969. The number of aromatic nitrogens is 1. The quantitative estimate of drug-likeness (QED) is 0.723. The van der Waals surface area contributed by atoms with Crippen molar-refractivity contribution >= 4 is 40.4 Å². The van der Waals surface area contributed by atoms with Crippen molar-refractivity contribution in [3.8, 4) is 10.6 Å². The Morgan fingerprint density at radius 3 is 2.62 bits per heavy atom. The molecule has 2 aromatic carbocycles. The molecule has 3 aromatic rings. The van der Waals surface area contributed by atoms with Gasteiger partial charge in [-0.3, -0.25) is 9.59 Å². The molecule has 132 valence electrons. The third-order valence-electron chi connectivity index (χ3n) is 3.61. The second kappa shape index (κ2) is 7.68. The molecule has 0 bridgehead atoms. The summed E-state index contributed by atoms with van der Waals surface area (Å²) in [5.74, 6) is -0.407. The molecule has 26 heavy (non-hydrogen) atoms. The smallest absolute Gasteiger partial charge is 0.267 e. The molecule has 1 aromatic heterocycles. The number of nitrogens with one attached hydrogen (secondary N) is 1. The summed E-state index contributed by atoms with van der Waals surface area (Å²) in [6.07, 6.45) is 1.52. The van der Waals surface area contributed by atoms with Crippen LogP contribution in [0.15, 0.2) is 54.7 Å². The van der Waals surface area contributed by atoms with Crippen molar-refractivity contribution in [1.29, 1.82) is 0 Å². The molecule has 1 N–H and O–H groups in total. The predicted molar refractivity (Wildman–Crippen MR) is 105 cm³/mol. The molecule has 1 heterocycles. The molecule has 3 rings (SSSR count). The molecular formula is C19H16ClN3O2S. The summed E-state index contributed by atoms with van der Waals surface area (Å²) in [4.78, 5) is 30.8. The van der Waals surface area contributed by atoms with E-state index in [1.54, 1.807) is 44.4 Å². The van der Waals surface area contributed by atoms with Crippen molar-refractivity contribution in [2.24, 2.45) is 0 Å². The van der Waals surface area contributed by atoms with Crippen LogP contribution in [0.1, 0.15) is 20.0 Å². The maximum atomic E-state index is 12.5. The van der Waals surface area contributed by atoms with Gasteiger partial charge in [0.15, 0.2) is 0 Å². The van der Waals surface area contributed by atoms with Gasteiger partial charge in [-0.2, -0.15) is 0 Å². The highest BCUT2D eigenvalue weighted by Crippen LogP contribution is 2.31. The molecule has 0 fully saturated rings. The topological polar surface area (TPSA) is 62.3 Å². The van der Waals surface area contributed by atoms with Gasteiger partial charge in [-0.25, -0.2) is 4.98 Å². The highest BCUT2D eigenvalue weighted by molar-refractivity contribution is 7.17. The molecule has 0 aliphatic heterocycles. The van der Waals surface area contributed by atoms with E-state index < -0.39 is 0 Å². The van der Waals surface area contributed by atoms with Gasteiger partial charge in [0.2, 0.25) is 0 Å². The van der Waals surface area contributed by atoms with E-state index in [9.17, 15) is 9.59 Å². The fraction of sp³-hybridized carbons (Fsp3) is 0.105. The molecule has 0 unspecified atom stereocenters. The summed E-state index contributed by atoms with van der Waals surface area (Å²) in [6, 6.07) is 14.2. The van der Waals surface area contributed by atoms with Gasteiger partial charge in [-0.1, -0.05) is 35.9 Å². The van der Waals surface area contributed by atoms with Gasteiger partial charge in [0.05, 0.1) is 11.2 Å². The Morgan fingerprint density at radius 1 is 1.12 bits per heavy atom. The lowest BCUT2D eigenvalue weighted by Crippen LogP contribution is -2.21. The van der Waals surface area contributed by atoms with Gasteiger partial charge in [-0.15, -0.1) is 11.3 Å². The van der Waals surface area contributed by atoms with Crippen molar-refractivity contribution in [2.75, 3.05) is 19.4 Å². The zero-order valence-electron chi connectivity index (χ0n) is 14.2. The first-order valence-corrected chi connectivity index (χ1v) is 8.99. The number of halogens is 1. The van der Waals surface area contributed by atoms with Gasteiger partial charge in [0, 0.05) is 30.9 Å². The Balaban J connectivity index is 1.78. The average Bonchev–Trinajstić information content (AvgIpc) is 3.11. The molecule has 0 aliphatic carbocycles. The lowest BCUT2D eigenvalue weighted by molar-refractivity contribution is 0.0827. The summed E-state index contributed by atoms with van der Waals surface area (Å²) in [7, 11) is 3.36. The fourth-order valence-corrected chi connectivity index (χ4v) is 3.45. The summed E-state index contributed by atoms with van der Waals surface area (Å²) >= 11 is 7.44. The van der Waals surface area contributed by atoms with Crippen molar-refractivity contribution in [1.82, 2.24) is 9.88 Å². The summed E-state index contributed by atoms with van der Waals surface area (Å²) < 4.78 is 0. The van der Waals surface area contributed by atoms with Crippen molar-refractivity contribution < 1.29 is 9.59 Å². The van der Waals surface area contributed by atoms with Crippen LogP contribution in [0.4, 0.5) is 5.69 Å². The Labute approximate surface area is 160 Å². The van der Waals surface area contributed by atoms with Gasteiger partial charge >= 0.3 is 0 Å². The van der Waals surface area contributed by atoms with E-state index in [-0.39, 0.29) is 11.8 Å². The van der Waals surface area contributed by atoms with Crippen LogP contribution >= 0.6 is 22.9 Å². The number of thiazole rings is 1. The number of amides is 2. The second-order valence-corrected chi connectivity index (χ2v) is 7.18. The number of rotatable bonds is 4. The molecule has 0 atom stereocenters. The number of anilines is 1. The van der Waals surface area contributed by atoms with E-state index >= 15 is 0 Å². The van der Waals surface area contributed by atoms with E-state index in [0.717, 1.165) is 5.56 Å². The number of carbonyl (C=O) groups is 2. The van der Waals surface area contributed by atoms with E-state index in [4.69, 9.17) is 11.6 Å². The monoisotopic (exact) mass is 385 g/mol. The Hall–Kier alpha value is -2.70. The molecule has 5 nitrogen and oxygen atoms in total. The highest BCUT2D eigenvalue weighted by Gasteiger charge is 2.15. The minimum Gasteiger partial charge on any atom is -0.345 e. The van der Waals surface area contributed by atoms with Crippen LogP contribution in [0.2, 0.25) is 5.02 Å². The highest BCUT2D eigenvalue weighted by atomic mass is 35.5.